The van der Waals surface area contributed by atoms with Gasteiger partial charge in [0.25, 0.3) is 0 Å². The molecule has 2 heterocycles. The molecule has 0 fully saturated rings. The van der Waals surface area contributed by atoms with Gasteiger partial charge in [0, 0.05) is 9.40 Å². The highest BCUT2D eigenvalue weighted by Gasteiger charge is 2.21. The lowest BCUT2D eigenvalue weighted by atomic mass is 9.96. The summed E-state index contributed by atoms with van der Waals surface area (Å²) in [4.78, 5) is 0. The smallest absolute Gasteiger partial charge is 0.0349 e. The number of rotatable bonds is 2. The SMILES string of the molecule is c1ccc2c(C3=C(c4csc5ccccc45)CCC3)csc2c1. The molecule has 2 aromatic carbocycles. The van der Waals surface area contributed by atoms with E-state index >= 15 is 0 Å². The normalized spacial score (nSPS) is 15.1. The van der Waals surface area contributed by atoms with Crippen molar-refractivity contribution in [3.8, 4) is 0 Å². The van der Waals surface area contributed by atoms with Crippen molar-refractivity contribution in [3.05, 3.63) is 70.4 Å². The number of benzene rings is 2. The predicted octanol–water partition coefficient (Wildman–Crippen LogP) is 7.21. The summed E-state index contributed by atoms with van der Waals surface area (Å²) in [7, 11) is 0. The van der Waals surface area contributed by atoms with E-state index < -0.39 is 0 Å². The van der Waals surface area contributed by atoms with E-state index in [9.17, 15) is 0 Å². The van der Waals surface area contributed by atoms with Crippen molar-refractivity contribution in [2.45, 2.75) is 19.3 Å². The Morgan fingerprint density at radius 1 is 0.609 bits per heavy atom. The molecule has 0 nitrogen and oxygen atoms in total. The lowest BCUT2D eigenvalue weighted by Gasteiger charge is -2.07. The van der Waals surface area contributed by atoms with Crippen LogP contribution in [0.15, 0.2) is 59.3 Å². The maximum atomic E-state index is 2.36. The van der Waals surface area contributed by atoms with Gasteiger partial charge < -0.3 is 0 Å². The third-order valence-corrected chi connectivity index (χ3v) is 6.76. The van der Waals surface area contributed by atoms with Gasteiger partial charge in [-0.05, 0) is 75.2 Å². The van der Waals surface area contributed by atoms with Gasteiger partial charge in [0.05, 0.1) is 0 Å². The molecule has 2 heteroatoms. The fourth-order valence-electron chi connectivity index (χ4n) is 3.76. The lowest BCUT2D eigenvalue weighted by molar-refractivity contribution is 0.943. The van der Waals surface area contributed by atoms with Gasteiger partial charge in [-0.1, -0.05) is 36.4 Å². The molecule has 5 rings (SSSR count). The molecule has 112 valence electrons. The molecule has 0 atom stereocenters. The lowest BCUT2D eigenvalue weighted by Crippen LogP contribution is -1.84. The van der Waals surface area contributed by atoms with Crippen molar-refractivity contribution in [2.75, 3.05) is 0 Å². The van der Waals surface area contributed by atoms with Crippen LogP contribution in [0.3, 0.4) is 0 Å². The summed E-state index contributed by atoms with van der Waals surface area (Å²) in [5.74, 6) is 0. The number of hydrogen-bond acceptors (Lipinski definition) is 2. The molecule has 23 heavy (non-hydrogen) atoms. The molecule has 0 bridgehead atoms. The number of allylic oxidation sites excluding steroid dienone is 2. The first kappa shape index (κ1) is 13.5. The highest BCUT2D eigenvalue weighted by molar-refractivity contribution is 7.17. The third kappa shape index (κ3) is 2.09. The minimum atomic E-state index is 1.21. The largest absolute Gasteiger partial charge is 0.143 e. The van der Waals surface area contributed by atoms with E-state index in [1.807, 2.05) is 22.7 Å². The van der Waals surface area contributed by atoms with Crippen LogP contribution >= 0.6 is 22.7 Å². The van der Waals surface area contributed by atoms with E-state index in [1.165, 1.54) is 50.6 Å². The zero-order valence-electron chi connectivity index (χ0n) is 12.7. The first-order valence-electron chi connectivity index (χ1n) is 8.07. The van der Waals surface area contributed by atoms with Gasteiger partial charge in [0.15, 0.2) is 0 Å². The van der Waals surface area contributed by atoms with Crippen molar-refractivity contribution in [3.63, 3.8) is 0 Å². The predicted molar refractivity (Wildman–Crippen MR) is 104 cm³/mol. The second-order valence-corrected chi connectivity index (χ2v) is 7.92. The molecular weight excluding hydrogens is 316 g/mol. The van der Waals surface area contributed by atoms with Crippen molar-refractivity contribution in [1.82, 2.24) is 0 Å². The summed E-state index contributed by atoms with van der Waals surface area (Å²) in [6.07, 6.45) is 3.69. The number of hydrogen-bond donors (Lipinski definition) is 0. The average molecular weight is 332 g/mol. The van der Waals surface area contributed by atoms with Crippen molar-refractivity contribution < 1.29 is 0 Å². The molecule has 0 N–H and O–H groups in total. The van der Waals surface area contributed by atoms with Gasteiger partial charge in [0.2, 0.25) is 0 Å². The summed E-state index contributed by atoms with van der Waals surface area (Å²) in [5, 5.41) is 7.57. The first-order chi connectivity index (χ1) is 11.4. The Hall–Kier alpha value is -1.90. The molecule has 0 saturated heterocycles. The van der Waals surface area contributed by atoms with E-state index in [1.54, 1.807) is 11.1 Å². The Kier molecular flexibility index (Phi) is 3.13. The summed E-state index contributed by atoms with van der Waals surface area (Å²) in [6.45, 7) is 0. The summed E-state index contributed by atoms with van der Waals surface area (Å²) in [5.41, 5.74) is 6.08. The van der Waals surface area contributed by atoms with Gasteiger partial charge in [-0.2, -0.15) is 0 Å². The fraction of sp³-hybridized carbons (Fsp3) is 0.143. The summed E-state index contributed by atoms with van der Waals surface area (Å²) < 4.78 is 2.80. The molecule has 4 aromatic rings. The van der Waals surface area contributed by atoms with Crippen molar-refractivity contribution >= 4 is 54.0 Å². The quantitative estimate of drug-likeness (QED) is 0.364. The maximum absolute atomic E-state index is 2.36. The van der Waals surface area contributed by atoms with Crippen LogP contribution in [0.5, 0.6) is 0 Å². The third-order valence-electron chi connectivity index (χ3n) is 4.83. The van der Waals surface area contributed by atoms with Gasteiger partial charge in [0.1, 0.15) is 0 Å². The minimum Gasteiger partial charge on any atom is -0.143 e. The monoisotopic (exact) mass is 332 g/mol. The second kappa shape index (κ2) is 5.33. The van der Waals surface area contributed by atoms with E-state index in [0.717, 1.165) is 0 Å². The van der Waals surface area contributed by atoms with E-state index in [4.69, 9.17) is 0 Å². The van der Waals surface area contributed by atoms with Crippen LogP contribution in [0, 0.1) is 0 Å². The Morgan fingerprint density at radius 2 is 1.09 bits per heavy atom. The molecule has 0 unspecified atom stereocenters. The van der Waals surface area contributed by atoms with Crippen LogP contribution in [-0.2, 0) is 0 Å². The van der Waals surface area contributed by atoms with E-state index in [0.29, 0.717) is 0 Å². The highest BCUT2D eigenvalue weighted by Crippen LogP contribution is 2.46. The molecule has 0 radical (unpaired) electrons. The van der Waals surface area contributed by atoms with Gasteiger partial charge in [-0.25, -0.2) is 0 Å². The molecule has 2 aromatic heterocycles. The minimum absolute atomic E-state index is 1.21. The maximum Gasteiger partial charge on any atom is 0.0349 e. The van der Waals surface area contributed by atoms with Crippen LogP contribution in [-0.4, -0.2) is 0 Å². The van der Waals surface area contributed by atoms with Crippen LogP contribution < -0.4 is 0 Å². The van der Waals surface area contributed by atoms with Crippen LogP contribution in [0.4, 0.5) is 0 Å². The van der Waals surface area contributed by atoms with Crippen LogP contribution in [0.2, 0.25) is 0 Å². The first-order valence-corrected chi connectivity index (χ1v) is 9.83. The molecule has 0 amide bonds. The van der Waals surface area contributed by atoms with Gasteiger partial charge in [-0.15, -0.1) is 22.7 Å². The average Bonchev–Trinajstić information content (AvgIpc) is 3.31. The fourth-order valence-corrected chi connectivity index (χ4v) is 5.71. The Morgan fingerprint density at radius 3 is 1.61 bits per heavy atom. The Labute approximate surface area is 143 Å². The van der Waals surface area contributed by atoms with Crippen molar-refractivity contribution in [2.24, 2.45) is 0 Å². The van der Waals surface area contributed by atoms with Crippen molar-refractivity contribution in [1.29, 1.82) is 0 Å². The Balaban J connectivity index is 1.76. The van der Waals surface area contributed by atoms with E-state index in [-0.39, 0.29) is 0 Å². The number of fused-ring (bicyclic) bond motifs is 2. The molecule has 1 aliphatic carbocycles. The van der Waals surface area contributed by atoms with Gasteiger partial charge in [-0.3, -0.25) is 0 Å². The summed E-state index contributed by atoms with van der Waals surface area (Å²) in [6, 6.07) is 17.6. The molecule has 1 aliphatic rings. The molecule has 0 aliphatic heterocycles. The zero-order chi connectivity index (χ0) is 15.2. The standard InChI is InChI=1S/C21H16S2/c1-3-10-20-16(6-1)18(12-22-20)14-8-5-9-15(14)19-13-23-21-11-4-2-7-17(19)21/h1-4,6-7,10-13H,5,8-9H2. The molecule has 0 saturated carbocycles. The Bertz CT molecular complexity index is 962. The highest BCUT2D eigenvalue weighted by atomic mass is 32.1. The zero-order valence-corrected chi connectivity index (χ0v) is 14.3. The molecule has 0 spiro atoms. The van der Waals surface area contributed by atoms with E-state index in [2.05, 4.69) is 59.3 Å². The molecular formula is C21H16S2. The second-order valence-electron chi connectivity index (χ2n) is 6.10. The van der Waals surface area contributed by atoms with Crippen LogP contribution in [0.25, 0.3) is 31.3 Å². The van der Waals surface area contributed by atoms with Gasteiger partial charge >= 0.3 is 0 Å². The summed E-state index contributed by atoms with van der Waals surface area (Å²) >= 11 is 3.74. The number of thiophene rings is 2. The van der Waals surface area contributed by atoms with Crippen LogP contribution in [0.1, 0.15) is 30.4 Å². The topological polar surface area (TPSA) is 0 Å².